The zero-order valence-electron chi connectivity index (χ0n) is 13.7. The van der Waals surface area contributed by atoms with Gasteiger partial charge in [-0.05, 0) is 25.2 Å². The standard InChI is InChI=1S/C16H29N3O2/c1-17(2)15(20)19-7-6-16(12-19)11-18(8-13-4-5-13)9-14(16)10-21-3/h13-14H,4-12H2,1-3H3/t14-,16+/m0/s1. The van der Waals surface area contributed by atoms with E-state index in [-0.39, 0.29) is 11.4 Å². The molecule has 3 aliphatic rings. The van der Waals surface area contributed by atoms with E-state index in [1.807, 2.05) is 19.0 Å². The highest BCUT2D eigenvalue weighted by Gasteiger charge is 2.51. The first kappa shape index (κ1) is 15.1. The highest BCUT2D eigenvalue weighted by molar-refractivity contribution is 5.74. The molecule has 0 aromatic rings. The molecule has 1 aliphatic carbocycles. The molecule has 120 valence electrons. The molecular formula is C16H29N3O2. The number of rotatable bonds is 4. The van der Waals surface area contributed by atoms with Gasteiger partial charge in [0.1, 0.15) is 0 Å². The zero-order chi connectivity index (χ0) is 15.0. The van der Waals surface area contributed by atoms with Gasteiger partial charge in [-0.3, -0.25) is 0 Å². The molecule has 1 saturated carbocycles. The van der Waals surface area contributed by atoms with Crippen LogP contribution in [-0.2, 0) is 4.74 Å². The summed E-state index contributed by atoms with van der Waals surface area (Å²) in [4.78, 5) is 18.6. The Hall–Kier alpha value is -0.810. The van der Waals surface area contributed by atoms with Gasteiger partial charge in [-0.25, -0.2) is 4.79 Å². The molecule has 2 amide bonds. The Morgan fingerprint density at radius 1 is 1.33 bits per heavy atom. The topological polar surface area (TPSA) is 36.0 Å². The van der Waals surface area contributed by atoms with Crippen LogP contribution in [-0.4, -0.2) is 81.3 Å². The lowest BCUT2D eigenvalue weighted by Gasteiger charge is -2.30. The second-order valence-corrected chi connectivity index (χ2v) is 7.50. The summed E-state index contributed by atoms with van der Waals surface area (Å²) in [5.41, 5.74) is 0.260. The molecule has 2 saturated heterocycles. The van der Waals surface area contributed by atoms with Gasteiger partial charge in [0.15, 0.2) is 0 Å². The fourth-order valence-electron chi connectivity index (χ4n) is 4.18. The first-order valence-electron chi connectivity index (χ1n) is 8.21. The molecule has 3 fully saturated rings. The lowest BCUT2D eigenvalue weighted by Crippen LogP contribution is -2.41. The van der Waals surface area contributed by atoms with E-state index >= 15 is 0 Å². The van der Waals surface area contributed by atoms with Crippen molar-refractivity contribution in [1.29, 1.82) is 0 Å². The fraction of sp³-hybridized carbons (Fsp3) is 0.938. The minimum absolute atomic E-state index is 0.156. The normalized spacial score (nSPS) is 33.1. The van der Waals surface area contributed by atoms with Gasteiger partial charge in [-0.2, -0.15) is 0 Å². The number of nitrogens with zero attached hydrogens (tertiary/aromatic N) is 3. The molecule has 0 unspecified atom stereocenters. The van der Waals surface area contributed by atoms with Gasteiger partial charge in [0.2, 0.25) is 0 Å². The van der Waals surface area contributed by atoms with Crippen LogP contribution in [0.3, 0.4) is 0 Å². The summed E-state index contributed by atoms with van der Waals surface area (Å²) in [5, 5.41) is 0. The molecule has 5 nitrogen and oxygen atoms in total. The fourth-order valence-corrected chi connectivity index (χ4v) is 4.18. The smallest absolute Gasteiger partial charge is 0.319 e. The lowest BCUT2D eigenvalue weighted by atomic mass is 9.78. The minimum Gasteiger partial charge on any atom is -0.384 e. The third-order valence-electron chi connectivity index (χ3n) is 5.50. The molecule has 5 heteroatoms. The Labute approximate surface area is 128 Å². The van der Waals surface area contributed by atoms with E-state index in [1.165, 1.54) is 19.4 Å². The third kappa shape index (κ3) is 3.04. The molecule has 0 radical (unpaired) electrons. The van der Waals surface area contributed by atoms with Crippen LogP contribution < -0.4 is 0 Å². The van der Waals surface area contributed by atoms with Crippen LogP contribution in [0.25, 0.3) is 0 Å². The van der Waals surface area contributed by atoms with E-state index < -0.39 is 0 Å². The van der Waals surface area contributed by atoms with Crippen LogP contribution in [0.2, 0.25) is 0 Å². The van der Waals surface area contributed by atoms with E-state index in [4.69, 9.17) is 4.74 Å². The highest BCUT2D eigenvalue weighted by atomic mass is 16.5. The molecule has 1 spiro atoms. The number of methoxy groups -OCH3 is 1. The van der Waals surface area contributed by atoms with Crippen molar-refractivity contribution in [3.63, 3.8) is 0 Å². The van der Waals surface area contributed by atoms with Gasteiger partial charge in [-0.1, -0.05) is 0 Å². The van der Waals surface area contributed by atoms with Gasteiger partial charge in [0.05, 0.1) is 6.61 Å². The summed E-state index contributed by atoms with van der Waals surface area (Å²) in [6.45, 7) is 6.17. The first-order chi connectivity index (χ1) is 10.0. The molecule has 2 heterocycles. The number of hydrogen-bond acceptors (Lipinski definition) is 3. The molecule has 3 rings (SSSR count). The maximum atomic E-state index is 12.2. The second-order valence-electron chi connectivity index (χ2n) is 7.50. The number of urea groups is 1. The van der Waals surface area contributed by atoms with E-state index in [2.05, 4.69) is 4.90 Å². The predicted octanol–water partition coefficient (Wildman–Crippen LogP) is 1.35. The van der Waals surface area contributed by atoms with Crippen LogP contribution in [0.15, 0.2) is 0 Å². The number of carbonyl (C=O) groups is 1. The minimum atomic E-state index is 0.156. The Morgan fingerprint density at radius 3 is 2.71 bits per heavy atom. The van der Waals surface area contributed by atoms with Crippen LogP contribution in [0.1, 0.15) is 19.3 Å². The summed E-state index contributed by atoms with van der Waals surface area (Å²) >= 11 is 0. The average molecular weight is 295 g/mol. The number of carbonyl (C=O) groups excluding carboxylic acids is 1. The Morgan fingerprint density at radius 2 is 2.10 bits per heavy atom. The highest BCUT2D eigenvalue weighted by Crippen LogP contribution is 2.45. The Bertz CT molecular complexity index is 397. The van der Waals surface area contributed by atoms with Crippen molar-refractivity contribution in [2.75, 3.05) is 60.5 Å². The number of ether oxygens (including phenoxy) is 1. The second kappa shape index (κ2) is 5.76. The van der Waals surface area contributed by atoms with Crippen LogP contribution in [0, 0.1) is 17.3 Å². The molecule has 0 aromatic heterocycles. The zero-order valence-corrected chi connectivity index (χ0v) is 13.7. The number of likely N-dealkylation sites (tertiary alicyclic amines) is 2. The van der Waals surface area contributed by atoms with Crippen molar-refractivity contribution in [3.05, 3.63) is 0 Å². The Kier molecular flexibility index (Phi) is 4.14. The lowest BCUT2D eigenvalue weighted by molar-refractivity contribution is 0.0966. The molecule has 21 heavy (non-hydrogen) atoms. The number of amides is 2. The predicted molar refractivity (Wildman–Crippen MR) is 82.2 cm³/mol. The molecule has 0 N–H and O–H groups in total. The quantitative estimate of drug-likeness (QED) is 0.785. The third-order valence-corrected chi connectivity index (χ3v) is 5.50. The monoisotopic (exact) mass is 295 g/mol. The van der Waals surface area contributed by atoms with Gasteiger partial charge in [0.25, 0.3) is 0 Å². The molecular weight excluding hydrogens is 266 g/mol. The molecule has 2 aliphatic heterocycles. The summed E-state index contributed by atoms with van der Waals surface area (Å²) in [6, 6.07) is 0.156. The van der Waals surface area contributed by atoms with E-state index in [1.54, 1.807) is 12.0 Å². The van der Waals surface area contributed by atoms with Gasteiger partial charge < -0.3 is 19.4 Å². The van der Waals surface area contributed by atoms with E-state index in [0.29, 0.717) is 5.92 Å². The van der Waals surface area contributed by atoms with Crippen molar-refractivity contribution in [2.24, 2.45) is 17.3 Å². The van der Waals surface area contributed by atoms with E-state index in [9.17, 15) is 4.79 Å². The molecule has 2 atom stereocenters. The summed E-state index contributed by atoms with van der Waals surface area (Å²) in [7, 11) is 5.48. The van der Waals surface area contributed by atoms with Crippen LogP contribution in [0.4, 0.5) is 4.79 Å². The van der Waals surface area contributed by atoms with E-state index in [0.717, 1.165) is 45.1 Å². The van der Waals surface area contributed by atoms with Crippen molar-refractivity contribution < 1.29 is 9.53 Å². The van der Waals surface area contributed by atoms with Gasteiger partial charge >= 0.3 is 6.03 Å². The van der Waals surface area contributed by atoms with Crippen molar-refractivity contribution >= 4 is 6.03 Å². The van der Waals surface area contributed by atoms with Crippen LogP contribution >= 0.6 is 0 Å². The summed E-state index contributed by atoms with van der Waals surface area (Å²) < 4.78 is 5.48. The van der Waals surface area contributed by atoms with Gasteiger partial charge in [-0.15, -0.1) is 0 Å². The number of hydrogen-bond donors (Lipinski definition) is 0. The van der Waals surface area contributed by atoms with Crippen molar-refractivity contribution in [2.45, 2.75) is 19.3 Å². The summed E-state index contributed by atoms with van der Waals surface area (Å²) in [6.07, 6.45) is 3.94. The Balaban J connectivity index is 1.67. The maximum absolute atomic E-state index is 12.2. The largest absolute Gasteiger partial charge is 0.384 e. The van der Waals surface area contributed by atoms with Crippen molar-refractivity contribution in [3.8, 4) is 0 Å². The van der Waals surface area contributed by atoms with Crippen LogP contribution in [0.5, 0.6) is 0 Å². The first-order valence-corrected chi connectivity index (χ1v) is 8.21. The molecule has 0 aromatic carbocycles. The summed E-state index contributed by atoms with van der Waals surface area (Å²) in [5.74, 6) is 1.51. The SMILES string of the molecule is COC[C@@H]1CN(CC2CC2)C[C@@]12CCN(C(=O)N(C)C)C2. The average Bonchev–Trinajstić information content (AvgIpc) is 3.06. The van der Waals surface area contributed by atoms with Crippen molar-refractivity contribution in [1.82, 2.24) is 14.7 Å². The van der Waals surface area contributed by atoms with Gasteiger partial charge in [0, 0.05) is 65.3 Å². The molecule has 0 bridgehead atoms. The maximum Gasteiger partial charge on any atom is 0.319 e.